The fourth-order valence-electron chi connectivity index (χ4n) is 1.55. The molecule has 1 rings (SSSR count). The molecule has 0 saturated heterocycles. The van der Waals surface area contributed by atoms with Gasteiger partial charge in [-0.3, -0.25) is 4.79 Å². The zero-order valence-corrected chi connectivity index (χ0v) is 13.1. The van der Waals surface area contributed by atoms with E-state index >= 15 is 0 Å². The van der Waals surface area contributed by atoms with Gasteiger partial charge in [0.25, 0.3) is 0 Å². The molecule has 6 heteroatoms. The predicted molar refractivity (Wildman–Crippen MR) is 80.2 cm³/mol. The Morgan fingerprint density at radius 1 is 1.37 bits per heavy atom. The van der Waals surface area contributed by atoms with E-state index in [1.54, 1.807) is 43.0 Å². The van der Waals surface area contributed by atoms with Crippen molar-refractivity contribution in [1.82, 2.24) is 5.32 Å². The first-order chi connectivity index (χ1) is 8.95. The summed E-state index contributed by atoms with van der Waals surface area (Å²) in [6.45, 7) is 1.78. The number of carboxylic acid groups (broad SMARTS) is 1. The number of carbonyl (C=O) groups is 2. The maximum Gasteiger partial charge on any atom is 0.330 e. The van der Waals surface area contributed by atoms with Gasteiger partial charge in [-0.1, -0.05) is 35.0 Å². The fourth-order valence-corrected chi connectivity index (χ4v) is 2.47. The van der Waals surface area contributed by atoms with E-state index in [9.17, 15) is 14.7 Å². The molecule has 0 aliphatic carbocycles. The Balaban J connectivity index is 2.82. The zero-order chi connectivity index (χ0) is 14.4. The molecule has 0 spiro atoms. The SMILES string of the molecule is CSCC(C)C(=O)NC(C(=O)O)c1ccc(Br)cc1. The van der Waals surface area contributed by atoms with Gasteiger partial charge >= 0.3 is 5.97 Å². The lowest BCUT2D eigenvalue weighted by molar-refractivity contribution is -0.142. The van der Waals surface area contributed by atoms with Crippen molar-refractivity contribution < 1.29 is 14.7 Å². The number of carboxylic acids is 1. The number of thioether (sulfide) groups is 1. The summed E-state index contributed by atoms with van der Waals surface area (Å²) in [5.41, 5.74) is 0.556. The number of amides is 1. The molecule has 0 radical (unpaired) electrons. The summed E-state index contributed by atoms with van der Waals surface area (Å²) < 4.78 is 0.863. The Morgan fingerprint density at radius 2 is 1.95 bits per heavy atom. The van der Waals surface area contributed by atoms with Crippen molar-refractivity contribution in [2.24, 2.45) is 5.92 Å². The van der Waals surface area contributed by atoms with E-state index in [4.69, 9.17) is 0 Å². The molecule has 4 nitrogen and oxygen atoms in total. The Kier molecular flexibility index (Phi) is 6.37. The van der Waals surface area contributed by atoms with E-state index in [0.29, 0.717) is 11.3 Å². The highest BCUT2D eigenvalue weighted by Crippen LogP contribution is 2.18. The number of rotatable bonds is 6. The minimum absolute atomic E-state index is 0.215. The molecule has 104 valence electrons. The average Bonchev–Trinajstić information content (AvgIpc) is 2.37. The highest BCUT2D eigenvalue weighted by atomic mass is 79.9. The molecular formula is C13H16BrNO3S. The van der Waals surface area contributed by atoms with Gasteiger partial charge in [-0.15, -0.1) is 0 Å². The standard InChI is InChI=1S/C13H16BrNO3S/c1-8(7-19-2)12(16)15-11(13(17)18)9-3-5-10(14)6-4-9/h3-6,8,11H,7H2,1-2H3,(H,15,16)(H,17,18). The summed E-state index contributed by atoms with van der Waals surface area (Å²) in [6, 6.07) is 5.86. The minimum Gasteiger partial charge on any atom is -0.479 e. The number of halogens is 1. The second kappa shape index (κ2) is 7.55. The lowest BCUT2D eigenvalue weighted by Gasteiger charge is -2.17. The third-order valence-electron chi connectivity index (χ3n) is 2.60. The van der Waals surface area contributed by atoms with E-state index in [-0.39, 0.29) is 11.8 Å². The van der Waals surface area contributed by atoms with Crippen LogP contribution in [0.5, 0.6) is 0 Å². The van der Waals surface area contributed by atoms with Crippen LogP contribution in [0.15, 0.2) is 28.7 Å². The molecule has 1 aromatic carbocycles. The molecule has 2 N–H and O–H groups in total. The van der Waals surface area contributed by atoms with Gasteiger partial charge in [-0.05, 0) is 24.0 Å². The molecular weight excluding hydrogens is 330 g/mol. The van der Waals surface area contributed by atoms with Crippen LogP contribution in [-0.2, 0) is 9.59 Å². The Morgan fingerprint density at radius 3 is 2.42 bits per heavy atom. The molecule has 0 aliphatic heterocycles. The highest BCUT2D eigenvalue weighted by molar-refractivity contribution is 9.10. The van der Waals surface area contributed by atoms with Crippen LogP contribution in [-0.4, -0.2) is 29.0 Å². The smallest absolute Gasteiger partial charge is 0.330 e. The molecule has 0 saturated carbocycles. The number of carbonyl (C=O) groups excluding carboxylic acids is 1. The van der Waals surface area contributed by atoms with Crippen molar-refractivity contribution in [3.05, 3.63) is 34.3 Å². The lowest BCUT2D eigenvalue weighted by atomic mass is 10.1. The minimum atomic E-state index is -1.06. The van der Waals surface area contributed by atoms with Crippen LogP contribution in [0.2, 0.25) is 0 Å². The summed E-state index contributed by atoms with van der Waals surface area (Å²) in [5, 5.41) is 11.8. The average molecular weight is 346 g/mol. The van der Waals surface area contributed by atoms with Gasteiger partial charge in [0.05, 0.1) is 0 Å². The summed E-state index contributed by atoms with van der Waals surface area (Å²) in [5.74, 6) is -0.859. The van der Waals surface area contributed by atoms with Crippen molar-refractivity contribution in [3.8, 4) is 0 Å². The summed E-state index contributed by atoms with van der Waals surface area (Å²) in [4.78, 5) is 23.2. The van der Waals surface area contributed by atoms with Crippen LogP contribution >= 0.6 is 27.7 Å². The molecule has 2 unspecified atom stereocenters. The van der Waals surface area contributed by atoms with Gasteiger partial charge in [0, 0.05) is 16.1 Å². The van der Waals surface area contributed by atoms with Gasteiger partial charge in [0.2, 0.25) is 5.91 Å². The second-order valence-corrected chi connectivity index (χ2v) is 6.01. The number of benzene rings is 1. The number of hydrogen-bond acceptors (Lipinski definition) is 3. The van der Waals surface area contributed by atoms with E-state index in [1.165, 1.54) is 0 Å². The van der Waals surface area contributed by atoms with Gasteiger partial charge < -0.3 is 10.4 Å². The molecule has 0 aliphatic rings. The molecule has 1 amide bonds. The van der Waals surface area contributed by atoms with Crippen molar-refractivity contribution in [2.45, 2.75) is 13.0 Å². The Hall–Kier alpha value is -1.01. The predicted octanol–water partition coefficient (Wildman–Crippen LogP) is 2.69. The monoisotopic (exact) mass is 345 g/mol. The molecule has 1 aromatic rings. The van der Waals surface area contributed by atoms with Crippen molar-refractivity contribution in [1.29, 1.82) is 0 Å². The molecule has 0 fully saturated rings. The largest absolute Gasteiger partial charge is 0.479 e. The normalized spacial score (nSPS) is 13.6. The topological polar surface area (TPSA) is 66.4 Å². The van der Waals surface area contributed by atoms with Gasteiger partial charge in [-0.2, -0.15) is 11.8 Å². The zero-order valence-electron chi connectivity index (χ0n) is 10.7. The van der Waals surface area contributed by atoms with Crippen molar-refractivity contribution in [2.75, 3.05) is 12.0 Å². The van der Waals surface area contributed by atoms with E-state index in [1.807, 2.05) is 6.26 Å². The van der Waals surface area contributed by atoms with E-state index in [0.717, 1.165) is 4.47 Å². The van der Waals surface area contributed by atoms with Crippen LogP contribution in [0.3, 0.4) is 0 Å². The van der Waals surface area contributed by atoms with E-state index in [2.05, 4.69) is 21.2 Å². The quantitative estimate of drug-likeness (QED) is 0.831. The second-order valence-electron chi connectivity index (χ2n) is 4.19. The Bertz CT molecular complexity index is 450. The molecule has 0 aromatic heterocycles. The first-order valence-electron chi connectivity index (χ1n) is 5.73. The molecule has 0 heterocycles. The van der Waals surface area contributed by atoms with Gasteiger partial charge in [0.1, 0.15) is 0 Å². The first-order valence-corrected chi connectivity index (χ1v) is 7.92. The molecule has 19 heavy (non-hydrogen) atoms. The van der Waals surface area contributed by atoms with Crippen LogP contribution in [0, 0.1) is 5.92 Å². The van der Waals surface area contributed by atoms with Crippen LogP contribution in [0.4, 0.5) is 0 Å². The summed E-state index contributed by atoms with van der Waals surface area (Å²) in [7, 11) is 0. The maximum atomic E-state index is 11.9. The number of hydrogen-bond donors (Lipinski definition) is 2. The summed E-state index contributed by atoms with van der Waals surface area (Å²) in [6.07, 6.45) is 1.91. The first kappa shape index (κ1) is 16.0. The molecule has 0 bridgehead atoms. The van der Waals surface area contributed by atoms with Crippen molar-refractivity contribution >= 4 is 39.6 Å². The van der Waals surface area contributed by atoms with Crippen LogP contribution in [0.25, 0.3) is 0 Å². The van der Waals surface area contributed by atoms with Crippen LogP contribution in [0.1, 0.15) is 18.5 Å². The van der Waals surface area contributed by atoms with Gasteiger partial charge in [-0.25, -0.2) is 4.79 Å². The highest BCUT2D eigenvalue weighted by Gasteiger charge is 2.24. The number of nitrogens with one attached hydrogen (secondary N) is 1. The maximum absolute atomic E-state index is 11.9. The van der Waals surface area contributed by atoms with E-state index < -0.39 is 12.0 Å². The third-order valence-corrected chi connectivity index (χ3v) is 3.96. The Labute approximate surface area is 125 Å². The number of aliphatic carboxylic acids is 1. The van der Waals surface area contributed by atoms with Gasteiger partial charge in [0.15, 0.2) is 6.04 Å². The summed E-state index contributed by atoms with van der Waals surface area (Å²) >= 11 is 4.85. The van der Waals surface area contributed by atoms with Crippen LogP contribution < -0.4 is 5.32 Å². The fraction of sp³-hybridized carbons (Fsp3) is 0.385. The van der Waals surface area contributed by atoms with Crippen molar-refractivity contribution in [3.63, 3.8) is 0 Å². The lowest BCUT2D eigenvalue weighted by Crippen LogP contribution is -2.37. The third kappa shape index (κ3) is 4.87. The molecule has 2 atom stereocenters.